The van der Waals surface area contributed by atoms with E-state index in [0.717, 1.165) is 0 Å². The molecule has 0 saturated carbocycles. The number of carbonyl (C=O) groups excluding carboxylic acids is 1. The van der Waals surface area contributed by atoms with E-state index in [2.05, 4.69) is 34.7 Å². The topological polar surface area (TPSA) is 29.5 Å². The number of fused-ring (bicyclic) bond motifs is 1. The molecule has 92 valence electrons. The van der Waals surface area contributed by atoms with E-state index in [0.29, 0.717) is 13.1 Å². The minimum Gasteiger partial charge on any atom is -0.444 e. The molecule has 0 atom stereocenters. The normalized spacial score (nSPS) is 14.7. The van der Waals surface area contributed by atoms with Crippen molar-refractivity contribution >= 4 is 28.7 Å². The molecule has 1 aromatic carbocycles. The molecule has 0 spiro atoms. The van der Waals surface area contributed by atoms with E-state index >= 15 is 0 Å². The summed E-state index contributed by atoms with van der Waals surface area (Å²) in [5, 5.41) is 0. The fraction of sp³-hybridized carbons (Fsp3) is 0.462. The summed E-state index contributed by atoms with van der Waals surface area (Å²) in [4.78, 5) is 13.7. The fourth-order valence-electron chi connectivity index (χ4n) is 1.84. The molecule has 1 aromatic rings. The molecule has 2 rings (SSSR count). The van der Waals surface area contributed by atoms with Crippen LogP contribution in [-0.2, 0) is 17.8 Å². The highest BCUT2D eigenvalue weighted by atomic mass is 127. The van der Waals surface area contributed by atoms with Crippen molar-refractivity contribution in [3.8, 4) is 0 Å². The first-order valence-corrected chi connectivity index (χ1v) is 6.69. The number of amides is 1. The van der Waals surface area contributed by atoms with Crippen LogP contribution in [0.4, 0.5) is 4.79 Å². The Morgan fingerprint density at radius 3 is 2.65 bits per heavy atom. The maximum atomic E-state index is 11.9. The average Bonchev–Trinajstić information content (AvgIpc) is 2.60. The van der Waals surface area contributed by atoms with E-state index in [9.17, 15) is 4.79 Å². The number of nitrogens with zero attached hydrogens (tertiary/aromatic N) is 1. The second-order valence-electron chi connectivity index (χ2n) is 5.21. The van der Waals surface area contributed by atoms with Crippen molar-refractivity contribution in [3.63, 3.8) is 0 Å². The number of halogens is 1. The monoisotopic (exact) mass is 345 g/mol. The van der Waals surface area contributed by atoms with Gasteiger partial charge in [0.15, 0.2) is 0 Å². The lowest BCUT2D eigenvalue weighted by Crippen LogP contribution is -2.33. The molecular formula is C13H16INO2. The van der Waals surface area contributed by atoms with Crippen LogP contribution in [0, 0.1) is 3.57 Å². The van der Waals surface area contributed by atoms with Gasteiger partial charge in [0, 0.05) is 10.1 Å². The van der Waals surface area contributed by atoms with Crippen LogP contribution < -0.4 is 0 Å². The van der Waals surface area contributed by atoms with Crippen molar-refractivity contribution in [1.82, 2.24) is 4.90 Å². The third kappa shape index (κ3) is 2.91. The average molecular weight is 345 g/mol. The van der Waals surface area contributed by atoms with Gasteiger partial charge in [-0.25, -0.2) is 4.79 Å². The van der Waals surface area contributed by atoms with E-state index in [1.165, 1.54) is 14.7 Å². The molecule has 0 unspecified atom stereocenters. The standard InChI is InChI=1S/C13H16INO2/c1-13(2,3)17-12(16)15-7-9-5-4-6-11(14)10(9)8-15/h4-6H,7-8H2,1-3H3. The van der Waals surface area contributed by atoms with Gasteiger partial charge >= 0.3 is 6.09 Å². The summed E-state index contributed by atoms with van der Waals surface area (Å²) in [5.74, 6) is 0. The Balaban J connectivity index is 2.10. The lowest BCUT2D eigenvalue weighted by molar-refractivity contribution is 0.0241. The van der Waals surface area contributed by atoms with Gasteiger partial charge in [0.25, 0.3) is 0 Å². The number of rotatable bonds is 0. The van der Waals surface area contributed by atoms with Crippen molar-refractivity contribution in [1.29, 1.82) is 0 Å². The van der Waals surface area contributed by atoms with Gasteiger partial charge in [-0.1, -0.05) is 12.1 Å². The molecule has 1 aliphatic rings. The van der Waals surface area contributed by atoms with E-state index in [-0.39, 0.29) is 6.09 Å². The molecular weight excluding hydrogens is 329 g/mol. The van der Waals surface area contributed by atoms with Crippen LogP contribution in [0.3, 0.4) is 0 Å². The number of hydrogen-bond acceptors (Lipinski definition) is 2. The number of hydrogen-bond donors (Lipinski definition) is 0. The zero-order chi connectivity index (χ0) is 12.6. The largest absolute Gasteiger partial charge is 0.444 e. The lowest BCUT2D eigenvalue weighted by atomic mass is 10.1. The minimum atomic E-state index is -0.432. The summed E-state index contributed by atoms with van der Waals surface area (Å²) >= 11 is 2.31. The van der Waals surface area contributed by atoms with Gasteiger partial charge in [-0.2, -0.15) is 0 Å². The summed E-state index contributed by atoms with van der Waals surface area (Å²) in [7, 11) is 0. The number of carbonyl (C=O) groups is 1. The van der Waals surface area contributed by atoms with Crippen LogP contribution in [0.25, 0.3) is 0 Å². The van der Waals surface area contributed by atoms with Gasteiger partial charge in [0.2, 0.25) is 0 Å². The molecule has 4 heteroatoms. The summed E-state index contributed by atoms with van der Waals surface area (Å²) < 4.78 is 6.59. The van der Waals surface area contributed by atoms with E-state index in [1.807, 2.05) is 26.8 Å². The molecule has 1 aliphatic heterocycles. The van der Waals surface area contributed by atoms with E-state index in [4.69, 9.17) is 4.74 Å². The van der Waals surface area contributed by atoms with Crippen molar-refractivity contribution in [2.45, 2.75) is 39.5 Å². The van der Waals surface area contributed by atoms with Crippen molar-refractivity contribution in [2.75, 3.05) is 0 Å². The summed E-state index contributed by atoms with van der Waals surface area (Å²) in [6, 6.07) is 6.17. The quantitative estimate of drug-likeness (QED) is 0.673. The number of benzene rings is 1. The minimum absolute atomic E-state index is 0.232. The Morgan fingerprint density at radius 2 is 2.06 bits per heavy atom. The van der Waals surface area contributed by atoms with Crippen molar-refractivity contribution in [2.24, 2.45) is 0 Å². The van der Waals surface area contributed by atoms with E-state index in [1.54, 1.807) is 4.90 Å². The highest BCUT2D eigenvalue weighted by Gasteiger charge is 2.28. The molecule has 0 saturated heterocycles. The second kappa shape index (κ2) is 4.48. The molecule has 1 amide bonds. The summed E-state index contributed by atoms with van der Waals surface area (Å²) in [6.45, 7) is 6.97. The SMILES string of the molecule is CC(C)(C)OC(=O)N1Cc2cccc(I)c2C1. The third-order valence-electron chi connectivity index (χ3n) is 2.58. The smallest absolute Gasteiger partial charge is 0.410 e. The molecule has 0 aliphatic carbocycles. The van der Waals surface area contributed by atoms with Crippen LogP contribution in [0.15, 0.2) is 18.2 Å². The number of ether oxygens (including phenoxy) is 1. The Morgan fingerprint density at radius 1 is 1.35 bits per heavy atom. The van der Waals surface area contributed by atoms with Crippen LogP contribution in [0.1, 0.15) is 31.9 Å². The first kappa shape index (κ1) is 12.7. The van der Waals surface area contributed by atoms with Crippen LogP contribution in [-0.4, -0.2) is 16.6 Å². The van der Waals surface area contributed by atoms with E-state index < -0.39 is 5.60 Å². The van der Waals surface area contributed by atoms with Crippen LogP contribution >= 0.6 is 22.6 Å². The Hall–Kier alpha value is -0.780. The molecule has 1 heterocycles. The third-order valence-corrected chi connectivity index (χ3v) is 3.59. The van der Waals surface area contributed by atoms with Gasteiger partial charge in [-0.15, -0.1) is 0 Å². The highest BCUT2D eigenvalue weighted by molar-refractivity contribution is 14.1. The zero-order valence-corrected chi connectivity index (χ0v) is 12.4. The van der Waals surface area contributed by atoms with Crippen LogP contribution in [0.2, 0.25) is 0 Å². The summed E-state index contributed by atoms with van der Waals surface area (Å²) in [5.41, 5.74) is 2.04. The maximum Gasteiger partial charge on any atom is 0.410 e. The molecule has 17 heavy (non-hydrogen) atoms. The van der Waals surface area contributed by atoms with Crippen molar-refractivity contribution in [3.05, 3.63) is 32.9 Å². The Bertz CT molecular complexity index is 451. The predicted molar refractivity (Wildman–Crippen MR) is 74.6 cm³/mol. The summed E-state index contributed by atoms with van der Waals surface area (Å²) in [6.07, 6.45) is -0.232. The molecule has 0 fully saturated rings. The Labute approximate surface area is 115 Å². The first-order valence-electron chi connectivity index (χ1n) is 5.61. The van der Waals surface area contributed by atoms with Gasteiger partial charge in [0.05, 0.1) is 6.54 Å². The lowest BCUT2D eigenvalue weighted by Gasteiger charge is -2.24. The molecule has 0 N–H and O–H groups in total. The maximum absolute atomic E-state index is 11.9. The molecule has 0 bridgehead atoms. The molecule has 0 radical (unpaired) electrons. The fourth-order valence-corrected chi connectivity index (χ4v) is 2.56. The molecule has 3 nitrogen and oxygen atoms in total. The zero-order valence-electron chi connectivity index (χ0n) is 10.3. The van der Waals surface area contributed by atoms with Crippen LogP contribution in [0.5, 0.6) is 0 Å². The van der Waals surface area contributed by atoms with Gasteiger partial charge in [-0.3, -0.25) is 4.90 Å². The predicted octanol–water partition coefficient (Wildman–Crippen LogP) is 3.54. The highest BCUT2D eigenvalue weighted by Crippen LogP contribution is 2.28. The first-order chi connectivity index (χ1) is 7.87. The van der Waals surface area contributed by atoms with Gasteiger partial charge in [0.1, 0.15) is 5.60 Å². The second-order valence-corrected chi connectivity index (χ2v) is 6.38. The van der Waals surface area contributed by atoms with Crippen molar-refractivity contribution < 1.29 is 9.53 Å². The Kier molecular flexibility index (Phi) is 3.34. The molecule has 0 aromatic heterocycles. The van der Waals surface area contributed by atoms with Gasteiger partial charge in [-0.05, 0) is 60.6 Å². The van der Waals surface area contributed by atoms with Gasteiger partial charge < -0.3 is 4.74 Å².